The van der Waals surface area contributed by atoms with Gasteiger partial charge in [0.1, 0.15) is 0 Å². The molecule has 17 heavy (non-hydrogen) atoms. The number of benzene rings is 1. The first kappa shape index (κ1) is 14.5. The zero-order valence-electron chi connectivity index (χ0n) is 9.52. The Hall–Kier alpha value is -0.550. The third-order valence-electron chi connectivity index (χ3n) is 2.28. The first-order valence-corrected chi connectivity index (χ1v) is 7.18. The molecule has 0 amide bonds. The van der Waals surface area contributed by atoms with Gasteiger partial charge in [0.25, 0.3) is 10.0 Å². The molecule has 3 nitrogen and oxygen atoms in total. The molecule has 0 saturated heterocycles. The van der Waals surface area contributed by atoms with Gasteiger partial charge in [0.2, 0.25) is 0 Å². The minimum atomic E-state index is -3.69. The number of hydrogen-bond donors (Lipinski definition) is 0. The maximum atomic E-state index is 11.9. The standard InChI is InChI=1S/C11H13Cl2NO2S/c1-3-14(2)17(15,16)11(13)10(12)9-7-5-4-6-8-9/h4-8H,3H2,1-2H3. The summed E-state index contributed by atoms with van der Waals surface area (Å²) in [4.78, 5) is 0. The summed E-state index contributed by atoms with van der Waals surface area (Å²) in [7, 11) is -2.24. The first-order valence-electron chi connectivity index (χ1n) is 4.98. The summed E-state index contributed by atoms with van der Waals surface area (Å²) in [5, 5.41) is 0.0348. The van der Waals surface area contributed by atoms with Crippen molar-refractivity contribution in [2.45, 2.75) is 6.92 Å². The highest BCUT2D eigenvalue weighted by Gasteiger charge is 2.24. The van der Waals surface area contributed by atoms with Crippen molar-refractivity contribution in [3.05, 3.63) is 40.3 Å². The van der Waals surface area contributed by atoms with Gasteiger partial charge in [-0.1, -0.05) is 60.5 Å². The molecule has 0 aromatic heterocycles. The summed E-state index contributed by atoms with van der Waals surface area (Å²) < 4.78 is 24.6. The summed E-state index contributed by atoms with van der Waals surface area (Å²) in [6, 6.07) is 8.74. The van der Waals surface area contributed by atoms with Gasteiger partial charge in [-0.05, 0) is 5.56 Å². The van der Waals surface area contributed by atoms with E-state index in [0.717, 1.165) is 4.31 Å². The third-order valence-corrected chi connectivity index (χ3v) is 5.41. The highest BCUT2D eigenvalue weighted by Crippen LogP contribution is 2.30. The van der Waals surface area contributed by atoms with Crippen LogP contribution in [0.3, 0.4) is 0 Å². The number of sulfonamides is 1. The van der Waals surface area contributed by atoms with E-state index in [4.69, 9.17) is 23.2 Å². The van der Waals surface area contributed by atoms with Crippen molar-refractivity contribution in [3.8, 4) is 0 Å². The van der Waals surface area contributed by atoms with Crippen LogP contribution in [0.4, 0.5) is 0 Å². The van der Waals surface area contributed by atoms with Crippen molar-refractivity contribution in [3.63, 3.8) is 0 Å². The number of halogens is 2. The van der Waals surface area contributed by atoms with Crippen LogP contribution in [-0.4, -0.2) is 26.3 Å². The maximum Gasteiger partial charge on any atom is 0.255 e. The Balaban J connectivity index is 3.24. The summed E-state index contributed by atoms with van der Waals surface area (Å²) in [5.41, 5.74) is 0.576. The fourth-order valence-electron chi connectivity index (χ4n) is 1.12. The van der Waals surface area contributed by atoms with Crippen molar-refractivity contribution in [2.75, 3.05) is 13.6 Å². The van der Waals surface area contributed by atoms with Crippen LogP contribution in [0, 0.1) is 0 Å². The molecule has 1 aromatic carbocycles. The van der Waals surface area contributed by atoms with Crippen LogP contribution in [0.5, 0.6) is 0 Å². The molecule has 0 heterocycles. The lowest BCUT2D eigenvalue weighted by atomic mass is 10.2. The Labute approximate surface area is 112 Å². The molecule has 0 aliphatic heterocycles. The molecule has 0 radical (unpaired) electrons. The van der Waals surface area contributed by atoms with Crippen molar-refractivity contribution in [1.29, 1.82) is 0 Å². The van der Waals surface area contributed by atoms with Gasteiger partial charge < -0.3 is 0 Å². The minimum Gasteiger partial charge on any atom is -0.206 e. The van der Waals surface area contributed by atoms with E-state index in [1.807, 2.05) is 6.07 Å². The average molecular weight is 294 g/mol. The van der Waals surface area contributed by atoms with E-state index in [1.165, 1.54) is 7.05 Å². The van der Waals surface area contributed by atoms with Crippen LogP contribution >= 0.6 is 23.2 Å². The van der Waals surface area contributed by atoms with Crippen molar-refractivity contribution in [1.82, 2.24) is 4.31 Å². The summed E-state index contributed by atoms with van der Waals surface area (Å²) in [6.07, 6.45) is 0. The molecule has 94 valence electrons. The zero-order chi connectivity index (χ0) is 13.1. The normalized spacial score (nSPS) is 13.7. The zero-order valence-corrected chi connectivity index (χ0v) is 11.9. The molecule has 0 unspecified atom stereocenters. The molecule has 6 heteroatoms. The second kappa shape index (κ2) is 5.87. The minimum absolute atomic E-state index is 0.0348. The van der Waals surface area contributed by atoms with Crippen molar-refractivity contribution >= 4 is 38.3 Å². The molecular formula is C11H13Cl2NO2S. The molecule has 0 fully saturated rings. The largest absolute Gasteiger partial charge is 0.255 e. The second-order valence-corrected chi connectivity index (χ2v) is 6.33. The topological polar surface area (TPSA) is 37.4 Å². The van der Waals surface area contributed by atoms with E-state index in [1.54, 1.807) is 31.2 Å². The smallest absolute Gasteiger partial charge is 0.206 e. The molecular weight excluding hydrogens is 281 g/mol. The van der Waals surface area contributed by atoms with Gasteiger partial charge in [0.05, 0.1) is 5.03 Å². The van der Waals surface area contributed by atoms with E-state index in [2.05, 4.69) is 0 Å². The quantitative estimate of drug-likeness (QED) is 0.856. The average Bonchev–Trinajstić information content (AvgIpc) is 2.36. The molecule has 0 atom stereocenters. The first-order chi connectivity index (χ1) is 7.91. The van der Waals surface area contributed by atoms with Crippen molar-refractivity contribution in [2.24, 2.45) is 0 Å². The molecule has 1 aromatic rings. The van der Waals surface area contributed by atoms with E-state index >= 15 is 0 Å². The number of rotatable bonds is 4. The van der Waals surface area contributed by atoms with Gasteiger partial charge in [-0.15, -0.1) is 0 Å². The molecule has 0 bridgehead atoms. The summed E-state index contributed by atoms with van der Waals surface area (Å²) in [6.45, 7) is 2.05. The molecule has 0 N–H and O–H groups in total. The van der Waals surface area contributed by atoms with Gasteiger partial charge in [-0.2, -0.15) is 0 Å². The Bertz CT molecular complexity index is 512. The predicted octanol–water partition coefficient (Wildman–Crippen LogP) is 3.07. The van der Waals surface area contributed by atoms with E-state index in [9.17, 15) is 8.42 Å². The molecule has 0 spiro atoms. The van der Waals surface area contributed by atoms with E-state index in [0.29, 0.717) is 12.1 Å². The maximum absolute atomic E-state index is 11.9. The van der Waals surface area contributed by atoms with Crippen LogP contribution in [-0.2, 0) is 10.0 Å². The van der Waals surface area contributed by atoms with Crippen LogP contribution in [0.2, 0.25) is 0 Å². The second-order valence-electron chi connectivity index (χ2n) is 3.37. The van der Waals surface area contributed by atoms with Crippen LogP contribution in [0.1, 0.15) is 12.5 Å². The SMILES string of the molecule is CCN(C)S(=O)(=O)C(Cl)=C(Cl)c1ccccc1. The van der Waals surface area contributed by atoms with E-state index < -0.39 is 10.0 Å². The molecule has 1 rings (SSSR count). The number of hydrogen-bond acceptors (Lipinski definition) is 2. The van der Waals surface area contributed by atoms with Gasteiger partial charge in [0.15, 0.2) is 4.36 Å². The van der Waals surface area contributed by atoms with E-state index in [-0.39, 0.29) is 9.40 Å². The highest BCUT2D eigenvalue weighted by molar-refractivity contribution is 7.95. The van der Waals surface area contributed by atoms with Crippen LogP contribution in [0.15, 0.2) is 34.7 Å². The Morgan fingerprint density at radius 1 is 1.24 bits per heavy atom. The summed E-state index contributed by atoms with van der Waals surface area (Å²) in [5.74, 6) is 0. The fraction of sp³-hybridized carbons (Fsp3) is 0.273. The van der Waals surface area contributed by atoms with Gasteiger partial charge in [0, 0.05) is 13.6 Å². The monoisotopic (exact) mass is 293 g/mol. The van der Waals surface area contributed by atoms with Crippen molar-refractivity contribution < 1.29 is 8.42 Å². The number of nitrogens with zero attached hydrogens (tertiary/aromatic N) is 1. The lowest BCUT2D eigenvalue weighted by Gasteiger charge is -2.14. The fourth-order valence-corrected chi connectivity index (χ4v) is 2.96. The third kappa shape index (κ3) is 3.22. The Kier molecular flexibility index (Phi) is 5.01. The van der Waals surface area contributed by atoms with Crippen LogP contribution < -0.4 is 0 Å². The lowest BCUT2D eigenvalue weighted by molar-refractivity contribution is 0.495. The lowest BCUT2D eigenvalue weighted by Crippen LogP contribution is -2.26. The van der Waals surface area contributed by atoms with Gasteiger partial charge in [-0.3, -0.25) is 0 Å². The van der Waals surface area contributed by atoms with Gasteiger partial charge in [-0.25, -0.2) is 12.7 Å². The Morgan fingerprint density at radius 2 is 1.76 bits per heavy atom. The van der Waals surface area contributed by atoms with Gasteiger partial charge >= 0.3 is 0 Å². The highest BCUT2D eigenvalue weighted by atomic mass is 35.5. The molecule has 0 saturated carbocycles. The molecule has 0 aliphatic rings. The predicted molar refractivity (Wildman–Crippen MR) is 72.3 cm³/mol. The Morgan fingerprint density at radius 3 is 2.24 bits per heavy atom. The van der Waals surface area contributed by atoms with Crippen LogP contribution in [0.25, 0.3) is 5.03 Å². The molecule has 0 aliphatic carbocycles. The summed E-state index contributed by atoms with van der Waals surface area (Å²) >= 11 is 11.8.